The molecule has 1 aromatic carbocycles. The summed E-state index contributed by atoms with van der Waals surface area (Å²) in [6.07, 6.45) is -0.363. The minimum atomic E-state index is -0.633. The molecule has 0 aliphatic carbocycles. The summed E-state index contributed by atoms with van der Waals surface area (Å²) in [5.41, 5.74) is 0.674. The highest BCUT2D eigenvalue weighted by Crippen LogP contribution is 2.29. The van der Waals surface area contributed by atoms with E-state index in [4.69, 9.17) is 9.47 Å². The van der Waals surface area contributed by atoms with Gasteiger partial charge in [-0.1, -0.05) is 0 Å². The number of hydrogen-bond donors (Lipinski definition) is 2. The van der Waals surface area contributed by atoms with Crippen molar-refractivity contribution in [2.75, 3.05) is 20.8 Å². The maximum Gasteiger partial charge on any atom is 0.223 e. The zero-order valence-electron chi connectivity index (χ0n) is 10.9. The highest BCUT2D eigenvalue weighted by Gasteiger charge is 2.11. The summed E-state index contributed by atoms with van der Waals surface area (Å²) >= 11 is 0. The van der Waals surface area contributed by atoms with E-state index in [1.54, 1.807) is 39.3 Å². The van der Waals surface area contributed by atoms with E-state index in [0.29, 0.717) is 17.1 Å². The molecule has 1 aromatic rings. The Bertz CT molecular complexity index is 404. The summed E-state index contributed by atoms with van der Waals surface area (Å²) < 4.78 is 10.6. The standard InChI is InChI=1S/C13H19NO4/c1-9(15)11-5-4-10(17-3)8-12(11)18-7-6-13(16)14-2/h4-5,8-9,15H,6-7H2,1-3H3,(H,14,16)/t9-/m1/s1. The molecule has 0 fully saturated rings. The van der Waals surface area contributed by atoms with Gasteiger partial charge in [-0.15, -0.1) is 0 Å². The number of carbonyl (C=O) groups excluding carboxylic acids is 1. The molecule has 5 heteroatoms. The fraction of sp³-hybridized carbons (Fsp3) is 0.462. The Morgan fingerprint density at radius 2 is 2.22 bits per heavy atom. The summed E-state index contributed by atoms with van der Waals surface area (Å²) in [7, 11) is 3.14. The third-order valence-corrected chi connectivity index (χ3v) is 2.54. The van der Waals surface area contributed by atoms with Crippen LogP contribution in [0.3, 0.4) is 0 Å². The molecule has 0 saturated carbocycles. The van der Waals surface area contributed by atoms with Crippen LogP contribution < -0.4 is 14.8 Å². The smallest absolute Gasteiger partial charge is 0.223 e. The van der Waals surface area contributed by atoms with Crippen molar-refractivity contribution in [3.05, 3.63) is 23.8 Å². The van der Waals surface area contributed by atoms with E-state index in [0.717, 1.165) is 0 Å². The van der Waals surface area contributed by atoms with Crippen LogP contribution in [0.2, 0.25) is 0 Å². The first-order chi connectivity index (χ1) is 8.58. The van der Waals surface area contributed by atoms with Crippen LogP contribution in [-0.2, 0) is 4.79 Å². The maximum absolute atomic E-state index is 11.1. The Morgan fingerprint density at radius 3 is 2.78 bits per heavy atom. The van der Waals surface area contributed by atoms with E-state index in [9.17, 15) is 9.90 Å². The lowest BCUT2D eigenvalue weighted by Crippen LogP contribution is -2.20. The van der Waals surface area contributed by atoms with Gasteiger partial charge in [-0.05, 0) is 19.1 Å². The highest BCUT2D eigenvalue weighted by atomic mass is 16.5. The van der Waals surface area contributed by atoms with Crippen molar-refractivity contribution in [1.82, 2.24) is 5.32 Å². The van der Waals surface area contributed by atoms with E-state index in [2.05, 4.69) is 5.32 Å². The third kappa shape index (κ3) is 3.92. The van der Waals surface area contributed by atoms with Gasteiger partial charge in [0.1, 0.15) is 11.5 Å². The molecular weight excluding hydrogens is 234 g/mol. The minimum absolute atomic E-state index is 0.0866. The van der Waals surface area contributed by atoms with Crippen molar-refractivity contribution in [2.45, 2.75) is 19.4 Å². The summed E-state index contributed by atoms with van der Waals surface area (Å²) in [6, 6.07) is 5.21. The molecule has 0 aliphatic heterocycles. The number of nitrogens with one attached hydrogen (secondary N) is 1. The van der Waals surface area contributed by atoms with Crippen LogP contribution in [-0.4, -0.2) is 31.8 Å². The molecule has 0 unspecified atom stereocenters. The highest BCUT2D eigenvalue weighted by molar-refractivity contribution is 5.75. The number of benzene rings is 1. The topological polar surface area (TPSA) is 67.8 Å². The lowest BCUT2D eigenvalue weighted by atomic mass is 10.1. The molecular formula is C13H19NO4. The maximum atomic E-state index is 11.1. The first-order valence-electron chi connectivity index (χ1n) is 5.78. The molecule has 0 saturated heterocycles. The molecule has 18 heavy (non-hydrogen) atoms. The number of hydrogen-bond acceptors (Lipinski definition) is 4. The zero-order chi connectivity index (χ0) is 13.5. The average molecular weight is 253 g/mol. The second kappa shape index (κ2) is 6.86. The molecule has 0 radical (unpaired) electrons. The normalized spacial score (nSPS) is 11.8. The molecule has 0 aliphatic rings. The van der Waals surface area contributed by atoms with Gasteiger partial charge in [-0.2, -0.15) is 0 Å². The number of methoxy groups -OCH3 is 1. The van der Waals surface area contributed by atoms with E-state index in [1.165, 1.54) is 0 Å². The van der Waals surface area contributed by atoms with E-state index < -0.39 is 6.10 Å². The Labute approximate surface area is 107 Å². The van der Waals surface area contributed by atoms with Crippen LogP contribution in [0, 0.1) is 0 Å². The fourth-order valence-electron chi connectivity index (χ4n) is 1.49. The van der Waals surface area contributed by atoms with Gasteiger partial charge in [0.2, 0.25) is 5.91 Å². The Morgan fingerprint density at radius 1 is 1.50 bits per heavy atom. The number of carbonyl (C=O) groups is 1. The summed E-state index contributed by atoms with van der Waals surface area (Å²) in [6.45, 7) is 1.92. The van der Waals surface area contributed by atoms with Gasteiger partial charge in [0.25, 0.3) is 0 Å². The molecule has 2 N–H and O–H groups in total. The molecule has 5 nitrogen and oxygen atoms in total. The van der Waals surface area contributed by atoms with Crippen molar-refractivity contribution >= 4 is 5.91 Å². The van der Waals surface area contributed by atoms with Crippen molar-refractivity contribution in [3.8, 4) is 11.5 Å². The summed E-state index contributed by atoms with van der Waals surface area (Å²) in [5.74, 6) is 1.10. The van der Waals surface area contributed by atoms with Crippen LogP contribution in [0.5, 0.6) is 11.5 Å². The number of aliphatic hydroxyl groups excluding tert-OH is 1. The first kappa shape index (κ1) is 14.3. The quantitative estimate of drug-likeness (QED) is 0.801. The number of ether oxygens (including phenoxy) is 2. The van der Waals surface area contributed by atoms with Crippen molar-refractivity contribution < 1.29 is 19.4 Å². The largest absolute Gasteiger partial charge is 0.497 e. The van der Waals surface area contributed by atoms with E-state index in [1.807, 2.05) is 0 Å². The fourth-order valence-corrected chi connectivity index (χ4v) is 1.49. The third-order valence-electron chi connectivity index (χ3n) is 2.54. The SMILES string of the molecule is CNC(=O)CCOc1cc(OC)ccc1[C@@H](C)O. The number of aliphatic hydroxyl groups is 1. The van der Waals surface area contributed by atoms with E-state index in [-0.39, 0.29) is 18.9 Å². The second-order valence-electron chi connectivity index (χ2n) is 3.85. The zero-order valence-corrected chi connectivity index (χ0v) is 10.9. The summed E-state index contributed by atoms with van der Waals surface area (Å²) in [4.78, 5) is 11.1. The molecule has 1 amide bonds. The van der Waals surface area contributed by atoms with Crippen LogP contribution in [0.4, 0.5) is 0 Å². The van der Waals surface area contributed by atoms with Crippen LogP contribution in [0.25, 0.3) is 0 Å². The van der Waals surface area contributed by atoms with Gasteiger partial charge in [-0.3, -0.25) is 4.79 Å². The average Bonchev–Trinajstić information content (AvgIpc) is 2.37. The Hall–Kier alpha value is -1.75. The monoisotopic (exact) mass is 253 g/mol. The lowest BCUT2D eigenvalue weighted by molar-refractivity contribution is -0.121. The Balaban J connectivity index is 2.74. The van der Waals surface area contributed by atoms with E-state index >= 15 is 0 Å². The Kier molecular flexibility index (Phi) is 5.45. The predicted octanol–water partition coefficient (Wildman–Crippen LogP) is 1.26. The minimum Gasteiger partial charge on any atom is -0.497 e. The first-order valence-corrected chi connectivity index (χ1v) is 5.78. The predicted molar refractivity (Wildman–Crippen MR) is 67.8 cm³/mol. The molecule has 100 valence electrons. The van der Waals surface area contributed by atoms with Gasteiger partial charge in [0.15, 0.2) is 0 Å². The molecule has 0 spiro atoms. The van der Waals surface area contributed by atoms with Crippen molar-refractivity contribution in [1.29, 1.82) is 0 Å². The molecule has 0 aromatic heterocycles. The van der Waals surface area contributed by atoms with Crippen LogP contribution >= 0.6 is 0 Å². The summed E-state index contributed by atoms with van der Waals surface area (Å²) in [5, 5.41) is 12.1. The van der Waals surface area contributed by atoms with Crippen LogP contribution in [0.15, 0.2) is 18.2 Å². The van der Waals surface area contributed by atoms with Gasteiger partial charge in [0, 0.05) is 18.7 Å². The van der Waals surface area contributed by atoms with Crippen molar-refractivity contribution in [3.63, 3.8) is 0 Å². The van der Waals surface area contributed by atoms with Gasteiger partial charge < -0.3 is 19.9 Å². The molecule has 1 rings (SSSR count). The van der Waals surface area contributed by atoms with Crippen molar-refractivity contribution in [2.24, 2.45) is 0 Å². The van der Waals surface area contributed by atoms with Gasteiger partial charge >= 0.3 is 0 Å². The molecule has 1 atom stereocenters. The second-order valence-corrected chi connectivity index (χ2v) is 3.85. The number of rotatable bonds is 6. The lowest BCUT2D eigenvalue weighted by Gasteiger charge is -2.14. The molecule has 0 bridgehead atoms. The van der Waals surface area contributed by atoms with Crippen LogP contribution in [0.1, 0.15) is 25.0 Å². The number of amides is 1. The van der Waals surface area contributed by atoms with Gasteiger partial charge in [0.05, 0.1) is 26.2 Å². The molecule has 0 heterocycles. The van der Waals surface area contributed by atoms with Gasteiger partial charge in [-0.25, -0.2) is 0 Å².